The first kappa shape index (κ1) is 26.2. The third-order valence-electron chi connectivity index (χ3n) is 5.39. The van der Waals surface area contributed by atoms with Crippen LogP contribution >= 0.6 is 0 Å². The predicted octanol–water partition coefficient (Wildman–Crippen LogP) is 4.13. The maximum absolute atomic E-state index is 12.9. The van der Waals surface area contributed by atoms with Crippen molar-refractivity contribution >= 4 is 35.1 Å². The molecule has 5 N–H and O–H groups in total. The summed E-state index contributed by atoms with van der Waals surface area (Å²) in [4.78, 5) is 35.9. The zero-order valence-corrected chi connectivity index (χ0v) is 20.0. The summed E-state index contributed by atoms with van der Waals surface area (Å²) < 4.78 is 9.98. The molecule has 0 heterocycles. The number of carboxylic acids is 1. The minimum absolute atomic E-state index is 0.0890. The van der Waals surface area contributed by atoms with Crippen LogP contribution in [0.2, 0.25) is 0 Å². The van der Waals surface area contributed by atoms with Gasteiger partial charge in [-0.05, 0) is 54.4 Å². The van der Waals surface area contributed by atoms with Crippen LogP contribution < -0.4 is 15.4 Å². The van der Waals surface area contributed by atoms with E-state index in [2.05, 4.69) is 15.4 Å². The SMILES string of the molecule is COC(=O)Nc1ccc(-c2cc(C(=N)C(=O)Nc3ccc(C#N)cc3C(=O)O)c(O)cc2OC)c(C)c1. The summed E-state index contributed by atoms with van der Waals surface area (Å²) in [7, 11) is 2.64. The molecule has 0 saturated heterocycles. The molecular weight excluding hydrogens is 480 g/mol. The Labute approximate surface area is 211 Å². The van der Waals surface area contributed by atoms with E-state index < -0.39 is 29.4 Å². The predicted molar refractivity (Wildman–Crippen MR) is 134 cm³/mol. The fourth-order valence-corrected chi connectivity index (χ4v) is 3.57. The summed E-state index contributed by atoms with van der Waals surface area (Å²) in [5.41, 5.74) is 1.18. The maximum atomic E-state index is 12.9. The lowest BCUT2D eigenvalue weighted by atomic mass is 9.95. The Kier molecular flexibility index (Phi) is 7.74. The number of benzene rings is 3. The molecule has 37 heavy (non-hydrogen) atoms. The molecule has 0 aliphatic rings. The number of amides is 2. The molecule has 0 bridgehead atoms. The van der Waals surface area contributed by atoms with E-state index in [1.807, 2.05) is 6.07 Å². The van der Waals surface area contributed by atoms with Crippen molar-refractivity contribution in [1.82, 2.24) is 0 Å². The summed E-state index contributed by atoms with van der Waals surface area (Å²) in [6, 6.07) is 13.2. The standard InChI is InChI=1S/C26H22N4O7/c1-13-8-15(29-26(35)37-3)5-6-16(13)17-10-19(21(31)11-22(17)36-2)23(28)24(32)30-20-7-4-14(12-27)9-18(20)25(33)34/h4-11,28,31H,1-3H3,(H,29,35)(H,30,32)(H,33,34). The van der Waals surface area contributed by atoms with Gasteiger partial charge in [0, 0.05) is 22.9 Å². The van der Waals surface area contributed by atoms with Crippen LogP contribution in [0.5, 0.6) is 11.5 Å². The Hall–Kier alpha value is -5.37. The lowest BCUT2D eigenvalue weighted by molar-refractivity contribution is -0.110. The van der Waals surface area contributed by atoms with Crippen LogP contribution in [-0.2, 0) is 9.53 Å². The smallest absolute Gasteiger partial charge is 0.411 e. The van der Waals surface area contributed by atoms with Crippen molar-refractivity contribution in [3.05, 3.63) is 70.8 Å². The molecular formula is C26H22N4O7. The number of aromatic hydroxyl groups is 1. The van der Waals surface area contributed by atoms with Gasteiger partial charge in [0.25, 0.3) is 5.91 Å². The number of anilines is 2. The van der Waals surface area contributed by atoms with Gasteiger partial charge in [0.1, 0.15) is 17.2 Å². The van der Waals surface area contributed by atoms with Gasteiger partial charge in [-0.2, -0.15) is 5.26 Å². The maximum Gasteiger partial charge on any atom is 0.411 e. The molecule has 0 unspecified atom stereocenters. The molecule has 2 amide bonds. The fourth-order valence-electron chi connectivity index (χ4n) is 3.57. The van der Waals surface area contributed by atoms with Crippen LogP contribution in [0.15, 0.2) is 48.5 Å². The molecule has 0 radical (unpaired) electrons. The number of methoxy groups -OCH3 is 2. The summed E-state index contributed by atoms with van der Waals surface area (Å²) in [6.45, 7) is 1.78. The number of hydrogen-bond acceptors (Lipinski definition) is 8. The van der Waals surface area contributed by atoms with Gasteiger partial charge in [0.2, 0.25) is 0 Å². The molecule has 0 atom stereocenters. The number of ether oxygens (including phenoxy) is 2. The van der Waals surface area contributed by atoms with Crippen LogP contribution in [0.3, 0.4) is 0 Å². The zero-order valence-electron chi connectivity index (χ0n) is 20.0. The number of carboxylic acid groups (broad SMARTS) is 1. The van der Waals surface area contributed by atoms with E-state index in [4.69, 9.17) is 15.4 Å². The summed E-state index contributed by atoms with van der Waals surface area (Å²) >= 11 is 0. The average Bonchev–Trinajstić information content (AvgIpc) is 2.88. The van der Waals surface area contributed by atoms with Crippen molar-refractivity contribution in [3.63, 3.8) is 0 Å². The van der Waals surface area contributed by atoms with Crippen molar-refractivity contribution in [2.24, 2.45) is 0 Å². The van der Waals surface area contributed by atoms with Crippen LogP contribution in [-0.4, -0.2) is 48.1 Å². The first-order valence-corrected chi connectivity index (χ1v) is 10.6. The molecule has 0 aromatic heterocycles. The normalized spacial score (nSPS) is 10.1. The fraction of sp³-hybridized carbons (Fsp3) is 0.115. The van der Waals surface area contributed by atoms with Gasteiger partial charge in [0.05, 0.1) is 37.1 Å². The number of hydrogen-bond donors (Lipinski definition) is 5. The molecule has 0 fully saturated rings. The Balaban J connectivity index is 1.99. The quantitative estimate of drug-likeness (QED) is 0.299. The number of nitrogens with one attached hydrogen (secondary N) is 3. The second-order valence-corrected chi connectivity index (χ2v) is 7.72. The van der Waals surface area contributed by atoms with Crippen molar-refractivity contribution in [3.8, 4) is 28.7 Å². The lowest BCUT2D eigenvalue weighted by Crippen LogP contribution is -2.24. The van der Waals surface area contributed by atoms with Gasteiger partial charge < -0.3 is 25.0 Å². The van der Waals surface area contributed by atoms with E-state index in [1.165, 1.54) is 38.5 Å². The number of nitrogens with zero attached hydrogens (tertiary/aromatic N) is 1. The molecule has 0 saturated carbocycles. The van der Waals surface area contributed by atoms with Crippen LogP contribution in [0.1, 0.15) is 27.0 Å². The van der Waals surface area contributed by atoms with Gasteiger partial charge in [-0.15, -0.1) is 0 Å². The second kappa shape index (κ2) is 10.9. The third-order valence-corrected chi connectivity index (χ3v) is 5.39. The molecule has 0 spiro atoms. The minimum atomic E-state index is -1.37. The summed E-state index contributed by atoms with van der Waals surface area (Å²) in [5, 5.41) is 42.3. The topological polar surface area (TPSA) is 182 Å². The van der Waals surface area contributed by atoms with Gasteiger partial charge in [-0.3, -0.25) is 15.5 Å². The number of aromatic carboxylic acids is 1. The van der Waals surface area contributed by atoms with Crippen molar-refractivity contribution in [2.75, 3.05) is 24.9 Å². The van der Waals surface area contributed by atoms with Gasteiger partial charge in [0.15, 0.2) is 0 Å². The van der Waals surface area contributed by atoms with Gasteiger partial charge >= 0.3 is 12.1 Å². The van der Waals surface area contributed by atoms with Crippen LogP contribution in [0.25, 0.3) is 11.1 Å². The van der Waals surface area contributed by atoms with Gasteiger partial charge in [-0.25, -0.2) is 9.59 Å². The lowest BCUT2D eigenvalue weighted by Gasteiger charge is -2.16. The summed E-state index contributed by atoms with van der Waals surface area (Å²) in [5.74, 6) is -2.48. The highest BCUT2D eigenvalue weighted by Gasteiger charge is 2.22. The van der Waals surface area contributed by atoms with E-state index in [9.17, 15) is 24.6 Å². The number of carbonyl (C=O) groups is 3. The number of aryl methyl sites for hydroxylation is 1. The molecule has 11 heteroatoms. The third kappa shape index (κ3) is 5.66. The van der Waals surface area contributed by atoms with E-state index >= 15 is 0 Å². The molecule has 11 nitrogen and oxygen atoms in total. The van der Waals surface area contributed by atoms with E-state index in [0.717, 1.165) is 6.07 Å². The second-order valence-electron chi connectivity index (χ2n) is 7.72. The molecule has 3 rings (SSSR count). The van der Waals surface area contributed by atoms with Crippen LogP contribution in [0, 0.1) is 23.7 Å². The molecule has 0 aliphatic carbocycles. The molecule has 0 aliphatic heterocycles. The van der Waals surface area contributed by atoms with E-state index in [-0.39, 0.29) is 28.1 Å². The Morgan fingerprint density at radius 2 is 1.70 bits per heavy atom. The Morgan fingerprint density at radius 1 is 0.973 bits per heavy atom. The first-order valence-electron chi connectivity index (χ1n) is 10.6. The highest BCUT2D eigenvalue weighted by Crippen LogP contribution is 2.38. The van der Waals surface area contributed by atoms with Crippen molar-refractivity contribution < 1.29 is 34.1 Å². The Bertz CT molecular complexity index is 1470. The van der Waals surface area contributed by atoms with Crippen LogP contribution in [0.4, 0.5) is 16.2 Å². The number of phenols is 1. The molecule has 3 aromatic carbocycles. The molecule has 3 aromatic rings. The highest BCUT2D eigenvalue weighted by molar-refractivity contribution is 6.48. The number of phenolic OH excluding ortho intramolecular Hbond substituents is 1. The minimum Gasteiger partial charge on any atom is -0.507 e. The van der Waals surface area contributed by atoms with E-state index in [0.29, 0.717) is 22.4 Å². The Morgan fingerprint density at radius 3 is 2.30 bits per heavy atom. The number of rotatable bonds is 7. The highest BCUT2D eigenvalue weighted by atomic mass is 16.5. The van der Waals surface area contributed by atoms with Gasteiger partial charge in [-0.1, -0.05) is 6.07 Å². The van der Waals surface area contributed by atoms with Crippen molar-refractivity contribution in [1.29, 1.82) is 10.7 Å². The molecule has 188 valence electrons. The van der Waals surface area contributed by atoms with Crippen molar-refractivity contribution in [2.45, 2.75) is 6.92 Å². The number of nitriles is 1. The number of carbonyl (C=O) groups excluding carboxylic acids is 2. The zero-order chi connectivity index (χ0) is 27.3. The first-order chi connectivity index (χ1) is 17.6. The average molecular weight is 502 g/mol. The monoisotopic (exact) mass is 502 g/mol. The largest absolute Gasteiger partial charge is 0.507 e. The van der Waals surface area contributed by atoms with E-state index in [1.54, 1.807) is 25.1 Å². The summed E-state index contributed by atoms with van der Waals surface area (Å²) in [6.07, 6.45) is -0.635.